The Hall–Kier alpha value is -1.51. The fourth-order valence-electron chi connectivity index (χ4n) is 1.54. The highest BCUT2D eigenvalue weighted by atomic mass is 127. The van der Waals surface area contributed by atoms with Crippen molar-refractivity contribution >= 4 is 41.5 Å². The predicted molar refractivity (Wildman–Crippen MR) is 101 cm³/mol. The Labute approximate surface area is 148 Å². The Kier molecular flexibility index (Phi) is 10.3. The number of guanidine groups is 1. The van der Waals surface area contributed by atoms with Crippen molar-refractivity contribution in [3.8, 4) is 5.75 Å². The molecule has 7 heteroatoms. The molecular formula is C15H25IN4O2. The zero-order valence-electron chi connectivity index (χ0n) is 13.2. The number of phenolic OH excluding ortho intramolecular Hbond substituents is 1. The van der Waals surface area contributed by atoms with E-state index in [0.717, 1.165) is 13.1 Å². The molecule has 124 valence electrons. The van der Waals surface area contributed by atoms with Crippen molar-refractivity contribution in [2.75, 3.05) is 25.0 Å². The molecule has 0 aliphatic rings. The van der Waals surface area contributed by atoms with E-state index in [9.17, 15) is 9.90 Å². The summed E-state index contributed by atoms with van der Waals surface area (Å²) in [5, 5.41) is 18.2. The first kappa shape index (κ1) is 20.5. The van der Waals surface area contributed by atoms with E-state index in [1.165, 1.54) is 12.1 Å². The molecule has 0 unspecified atom stereocenters. The smallest absolute Gasteiger partial charge is 0.246 e. The van der Waals surface area contributed by atoms with Gasteiger partial charge >= 0.3 is 0 Å². The van der Waals surface area contributed by atoms with E-state index in [1.807, 2.05) is 6.92 Å². The average Bonchev–Trinajstić information content (AvgIpc) is 2.44. The lowest BCUT2D eigenvalue weighted by Crippen LogP contribution is -2.39. The molecular weight excluding hydrogens is 395 g/mol. The first-order valence-electron chi connectivity index (χ1n) is 7.12. The minimum absolute atomic E-state index is 0. The highest BCUT2D eigenvalue weighted by Gasteiger charge is 2.03. The van der Waals surface area contributed by atoms with Crippen molar-refractivity contribution in [2.24, 2.45) is 10.9 Å². The van der Waals surface area contributed by atoms with Crippen LogP contribution in [0.5, 0.6) is 5.75 Å². The van der Waals surface area contributed by atoms with Crippen molar-refractivity contribution in [2.45, 2.75) is 20.8 Å². The van der Waals surface area contributed by atoms with Gasteiger partial charge in [0.25, 0.3) is 0 Å². The average molecular weight is 420 g/mol. The fraction of sp³-hybridized carbons (Fsp3) is 0.467. The minimum atomic E-state index is -0.206. The molecule has 0 aliphatic carbocycles. The van der Waals surface area contributed by atoms with Crippen LogP contribution in [-0.2, 0) is 4.79 Å². The Morgan fingerprint density at radius 2 is 1.86 bits per heavy atom. The highest BCUT2D eigenvalue weighted by Crippen LogP contribution is 2.13. The van der Waals surface area contributed by atoms with E-state index in [4.69, 9.17) is 0 Å². The summed E-state index contributed by atoms with van der Waals surface area (Å²) in [5.74, 6) is 1.09. The molecule has 0 bridgehead atoms. The van der Waals surface area contributed by atoms with Crippen molar-refractivity contribution in [3.05, 3.63) is 24.3 Å². The maximum absolute atomic E-state index is 11.8. The summed E-state index contributed by atoms with van der Waals surface area (Å²) in [4.78, 5) is 16.0. The van der Waals surface area contributed by atoms with Crippen LogP contribution < -0.4 is 16.0 Å². The molecule has 22 heavy (non-hydrogen) atoms. The highest BCUT2D eigenvalue weighted by molar-refractivity contribution is 14.0. The maximum Gasteiger partial charge on any atom is 0.246 e. The predicted octanol–water partition coefficient (Wildman–Crippen LogP) is 2.16. The monoisotopic (exact) mass is 420 g/mol. The third-order valence-electron chi connectivity index (χ3n) is 2.55. The Bertz CT molecular complexity index is 475. The van der Waals surface area contributed by atoms with Gasteiger partial charge in [-0.3, -0.25) is 4.79 Å². The van der Waals surface area contributed by atoms with Crippen molar-refractivity contribution in [3.63, 3.8) is 0 Å². The van der Waals surface area contributed by atoms with Crippen LogP contribution in [0, 0.1) is 5.92 Å². The van der Waals surface area contributed by atoms with Gasteiger partial charge in [-0.25, -0.2) is 4.99 Å². The molecule has 0 atom stereocenters. The SMILES string of the molecule is CCNC(=NCC(=O)Nc1ccc(O)cc1)NCC(C)C.I. The van der Waals surface area contributed by atoms with Crippen LogP contribution in [0.2, 0.25) is 0 Å². The van der Waals surface area contributed by atoms with Crippen LogP contribution in [0.15, 0.2) is 29.3 Å². The summed E-state index contributed by atoms with van der Waals surface area (Å²) in [6.45, 7) is 7.76. The van der Waals surface area contributed by atoms with Gasteiger partial charge in [0.2, 0.25) is 5.91 Å². The standard InChI is InChI=1S/C15H24N4O2.HI/c1-4-16-15(17-9-11(2)3)18-10-14(21)19-12-5-7-13(20)8-6-12;/h5-8,11,20H,4,9-10H2,1-3H3,(H,19,21)(H2,16,17,18);1H. The normalized spacial score (nSPS) is 10.8. The molecule has 0 saturated heterocycles. The first-order chi connectivity index (χ1) is 10.0. The second-order valence-corrected chi connectivity index (χ2v) is 5.06. The van der Waals surface area contributed by atoms with E-state index in [-0.39, 0.29) is 42.2 Å². The van der Waals surface area contributed by atoms with Crippen LogP contribution in [-0.4, -0.2) is 36.6 Å². The lowest BCUT2D eigenvalue weighted by atomic mass is 10.2. The fourth-order valence-corrected chi connectivity index (χ4v) is 1.54. The van der Waals surface area contributed by atoms with Gasteiger partial charge < -0.3 is 21.1 Å². The molecule has 6 nitrogen and oxygen atoms in total. The molecule has 0 heterocycles. The number of aromatic hydroxyl groups is 1. The van der Waals surface area contributed by atoms with Gasteiger partial charge in [-0.15, -0.1) is 24.0 Å². The number of amides is 1. The molecule has 0 fully saturated rings. The topological polar surface area (TPSA) is 85.8 Å². The lowest BCUT2D eigenvalue weighted by Gasteiger charge is -2.12. The quantitative estimate of drug-likeness (QED) is 0.246. The first-order valence-corrected chi connectivity index (χ1v) is 7.12. The number of phenols is 1. The van der Waals surface area contributed by atoms with Crippen LogP contribution in [0.3, 0.4) is 0 Å². The van der Waals surface area contributed by atoms with Crippen molar-refractivity contribution in [1.29, 1.82) is 0 Å². The number of carbonyl (C=O) groups excluding carboxylic acids is 1. The Morgan fingerprint density at radius 1 is 1.23 bits per heavy atom. The number of carbonyl (C=O) groups is 1. The summed E-state index contributed by atoms with van der Waals surface area (Å²) in [6.07, 6.45) is 0. The van der Waals surface area contributed by atoms with Gasteiger partial charge in [-0.05, 0) is 37.1 Å². The molecule has 0 aromatic heterocycles. The molecule has 1 amide bonds. The van der Waals surface area contributed by atoms with Gasteiger partial charge in [0, 0.05) is 18.8 Å². The zero-order valence-corrected chi connectivity index (χ0v) is 15.5. The Morgan fingerprint density at radius 3 is 2.41 bits per heavy atom. The molecule has 0 saturated carbocycles. The number of nitrogens with one attached hydrogen (secondary N) is 3. The minimum Gasteiger partial charge on any atom is -0.508 e. The van der Waals surface area contributed by atoms with E-state index in [1.54, 1.807) is 12.1 Å². The summed E-state index contributed by atoms with van der Waals surface area (Å²) >= 11 is 0. The zero-order chi connectivity index (χ0) is 15.7. The van der Waals surface area contributed by atoms with E-state index in [0.29, 0.717) is 17.6 Å². The van der Waals surface area contributed by atoms with E-state index in [2.05, 4.69) is 34.8 Å². The van der Waals surface area contributed by atoms with Crippen LogP contribution in [0.1, 0.15) is 20.8 Å². The third-order valence-corrected chi connectivity index (χ3v) is 2.55. The number of anilines is 1. The number of aliphatic imine (C=N–C) groups is 1. The maximum atomic E-state index is 11.8. The summed E-state index contributed by atoms with van der Waals surface area (Å²) in [6, 6.07) is 6.32. The van der Waals surface area contributed by atoms with Crippen LogP contribution >= 0.6 is 24.0 Å². The van der Waals surface area contributed by atoms with Gasteiger partial charge in [0.15, 0.2) is 5.96 Å². The molecule has 0 radical (unpaired) electrons. The molecule has 4 N–H and O–H groups in total. The third kappa shape index (κ3) is 8.71. The number of nitrogens with zero attached hydrogens (tertiary/aromatic N) is 1. The van der Waals surface area contributed by atoms with Gasteiger partial charge in [0.05, 0.1) is 0 Å². The summed E-state index contributed by atoms with van der Waals surface area (Å²) < 4.78 is 0. The molecule has 1 aromatic carbocycles. The largest absolute Gasteiger partial charge is 0.508 e. The van der Waals surface area contributed by atoms with Gasteiger partial charge in [-0.2, -0.15) is 0 Å². The molecule has 0 spiro atoms. The van der Waals surface area contributed by atoms with Crippen molar-refractivity contribution < 1.29 is 9.90 Å². The van der Waals surface area contributed by atoms with Crippen LogP contribution in [0.25, 0.3) is 0 Å². The number of hydrogen-bond acceptors (Lipinski definition) is 3. The lowest BCUT2D eigenvalue weighted by molar-refractivity contribution is -0.114. The van der Waals surface area contributed by atoms with Crippen LogP contribution in [0.4, 0.5) is 5.69 Å². The van der Waals surface area contributed by atoms with E-state index < -0.39 is 0 Å². The Balaban J connectivity index is 0.00000441. The number of hydrogen-bond donors (Lipinski definition) is 4. The summed E-state index contributed by atoms with van der Waals surface area (Å²) in [5.41, 5.74) is 0.633. The van der Waals surface area contributed by atoms with Crippen molar-refractivity contribution in [1.82, 2.24) is 10.6 Å². The second-order valence-electron chi connectivity index (χ2n) is 5.06. The number of halogens is 1. The molecule has 0 aliphatic heterocycles. The van der Waals surface area contributed by atoms with E-state index >= 15 is 0 Å². The number of rotatable bonds is 6. The molecule has 1 aromatic rings. The molecule has 1 rings (SSSR count). The second kappa shape index (κ2) is 11.1. The van der Waals surface area contributed by atoms with Gasteiger partial charge in [-0.1, -0.05) is 13.8 Å². The summed E-state index contributed by atoms with van der Waals surface area (Å²) in [7, 11) is 0. The number of benzene rings is 1. The van der Waals surface area contributed by atoms with Gasteiger partial charge in [0.1, 0.15) is 12.3 Å².